The summed E-state index contributed by atoms with van der Waals surface area (Å²) in [5.41, 5.74) is 15.3. The number of hydrogen-bond acceptors (Lipinski definition) is 6. The predicted molar refractivity (Wildman–Crippen MR) is 196 cm³/mol. The molecule has 2 amide bonds. The molecule has 0 radical (unpaired) electrons. The van der Waals surface area contributed by atoms with Gasteiger partial charge in [-0.05, 0) is 85.6 Å². The first kappa shape index (κ1) is 34.3. The van der Waals surface area contributed by atoms with Crippen molar-refractivity contribution >= 4 is 34.3 Å². The molecule has 0 fully saturated rings. The molecule has 0 atom stereocenters. The number of nitrogens with two attached hydrogens (primary N) is 1. The standard InChI is InChI=1S/C32H35N7O.C7H6O2/c1-22-29(15-16-38(4)21-26-18-28(37(2)3)20-34-36-26)30-19-25(35-32(33)40)13-14-31(30)39(22)27-12-8-11-24(17-27)23-9-6-5-7-10-23;8-7(9)6-4-2-1-3-5-6/h5-14,17-20H,15-16,21H2,1-4H3,(H3,33,35,40);1-5H,(H,8,9). The number of fused-ring (bicyclic) bond motifs is 1. The Morgan fingerprint density at radius 3 is 2.20 bits per heavy atom. The maximum atomic E-state index is 11.6. The zero-order valence-corrected chi connectivity index (χ0v) is 28.2. The van der Waals surface area contributed by atoms with Gasteiger partial charge < -0.3 is 30.5 Å². The zero-order valence-electron chi connectivity index (χ0n) is 28.2. The van der Waals surface area contributed by atoms with Crippen LogP contribution in [0.25, 0.3) is 27.7 Å². The van der Waals surface area contributed by atoms with Crippen LogP contribution < -0.4 is 16.0 Å². The van der Waals surface area contributed by atoms with E-state index in [0.29, 0.717) is 17.8 Å². The first-order chi connectivity index (χ1) is 23.6. The van der Waals surface area contributed by atoms with Gasteiger partial charge >= 0.3 is 12.0 Å². The summed E-state index contributed by atoms with van der Waals surface area (Å²) in [6, 6.07) is 34.8. The van der Waals surface area contributed by atoms with Crippen LogP contribution in [0.5, 0.6) is 0 Å². The number of aromatic carboxylic acids is 1. The highest BCUT2D eigenvalue weighted by Gasteiger charge is 2.18. The molecule has 0 aliphatic carbocycles. The number of carbonyl (C=O) groups excluding carboxylic acids is 1. The zero-order chi connectivity index (χ0) is 34.9. The summed E-state index contributed by atoms with van der Waals surface area (Å²) in [6.45, 7) is 3.68. The van der Waals surface area contributed by atoms with Crippen LogP contribution in [0.3, 0.4) is 0 Å². The first-order valence-corrected chi connectivity index (χ1v) is 15.9. The number of carbonyl (C=O) groups is 2. The Morgan fingerprint density at radius 1 is 0.857 bits per heavy atom. The number of nitrogens with one attached hydrogen (secondary N) is 1. The fraction of sp³-hybridized carbons (Fsp3) is 0.179. The molecule has 6 rings (SSSR count). The lowest BCUT2D eigenvalue weighted by molar-refractivity contribution is 0.0697. The number of urea groups is 1. The molecule has 0 aliphatic heterocycles. The van der Waals surface area contributed by atoms with Gasteiger partial charge in [0.1, 0.15) is 0 Å². The Bertz CT molecular complexity index is 2040. The summed E-state index contributed by atoms with van der Waals surface area (Å²) in [4.78, 5) is 26.1. The topological polar surface area (TPSA) is 130 Å². The second kappa shape index (κ2) is 15.7. The van der Waals surface area contributed by atoms with Gasteiger partial charge in [0.05, 0.1) is 28.7 Å². The Hall–Kier alpha value is -6.00. The molecule has 10 heteroatoms. The number of primary amides is 1. The molecule has 49 heavy (non-hydrogen) atoms. The quantitative estimate of drug-likeness (QED) is 0.145. The Balaban J connectivity index is 0.000000452. The third kappa shape index (κ3) is 8.68. The van der Waals surface area contributed by atoms with Crippen molar-refractivity contribution in [3.05, 3.63) is 138 Å². The van der Waals surface area contributed by atoms with Crippen LogP contribution in [-0.4, -0.2) is 64.5 Å². The number of amides is 2. The molecule has 10 nitrogen and oxygen atoms in total. The average molecular weight is 656 g/mol. The highest BCUT2D eigenvalue weighted by atomic mass is 16.4. The van der Waals surface area contributed by atoms with Gasteiger partial charge in [0.15, 0.2) is 0 Å². The predicted octanol–water partition coefficient (Wildman–Crippen LogP) is 7.01. The number of carboxylic acid groups (broad SMARTS) is 1. The third-order valence-electron chi connectivity index (χ3n) is 8.22. The number of rotatable bonds is 10. The Morgan fingerprint density at radius 2 is 1.55 bits per heavy atom. The largest absolute Gasteiger partial charge is 0.478 e. The molecule has 4 aromatic carbocycles. The van der Waals surface area contributed by atoms with Crippen molar-refractivity contribution in [2.24, 2.45) is 5.73 Å². The molecule has 0 bridgehead atoms. The summed E-state index contributed by atoms with van der Waals surface area (Å²) in [6.07, 6.45) is 2.59. The van der Waals surface area contributed by atoms with E-state index >= 15 is 0 Å². The maximum Gasteiger partial charge on any atom is 0.335 e. The van der Waals surface area contributed by atoms with Gasteiger partial charge in [0, 0.05) is 49.6 Å². The van der Waals surface area contributed by atoms with Crippen LogP contribution in [0.2, 0.25) is 0 Å². The number of anilines is 2. The van der Waals surface area contributed by atoms with E-state index in [1.54, 1.807) is 36.5 Å². The van der Waals surface area contributed by atoms with Crippen molar-refractivity contribution in [1.82, 2.24) is 19.7 Å². The first-order valence-electron chi connectivity index (χ1n) is 15.9. The van der Waals surface area contributed by atoms with Crippen LogP contribution in [0, 0.1) is 6.92 Å². The van der Waals surface area contributed by atoms with E-state index in [-0.39, 0.29) is 0 Å². The highest BCUT2D eigenvalue weighted by molar-refractivity contribution is 5.95. The number of benzene rings is 4. The summed E-state index contributed by atoms with van der Waals surface area (Å²) in [7, 11) is 6.10. The van der Waals surface area contributed by atoms with E-state index in [1.165, 1.54) is 16.8 Å². The molecule has 0 unspecified atom stereocenters. The average Bonchev–Trinajstić information content (AvgIpc) is 3.38. The van der Waals surface area contributed by atoms with E-state index in [1.807, 2.05) is 37.2 Å². The van der Waals surface area contributed by atoms with E-state index in [4.69, 9.17) is 10.8 Å². The van der Waals surface area contributed by atoms with E-state index in [9.17, 15) is 9.59 Å². The van der Waals surface area contributed by atoms with Gasteiger partial charge in [0.2, 0.25) is 0 Å². The highest BCUT2D eigenvalue weighted by Crippen LogP contribution is 2.33. The van der Waals surface area contributed by atoms with Crippen LogP contribution in [-0.2, 0) is 13.0 Å². The number of carboxylic acids is 1. The monoisotopic (exact) mass is 655 g/mol. The summed E-state index contributed by atoms with van der Waals surface area (Å²) in [5.74, 6) is -0.879. The van der Waals surface area contributed by atoms with Gasteiger partial charge in [-0.3, -0.25) is 0 Å². The fourth-order valence-corrected chi connectivity index (χ4v) is 5.77. The molecule has 2 aromatic heterocycles. The molecule has 4 N–H and O–H groups in total. The normalized spacial score (nSPS) is 10.8. The molecule has 0 saturated heterocycles. The molecule has 250 valence electrons. The van der Waals surface area contributed by atoms with Gasteiger partial charge in [-0.2, -0.15) is 10.2 Å². The molecule has 0 spiro atoms. The van der Waals surface area contributed by atoms with Gasteiger partial charge in [-0.1, -0.05) is 60.7 Å². The fourth-order valence-electron chi connectivity index (χ4n) is 5.77. The molecule has 2 heterocycles. The summed E-state index contributed by atoms with van der Waals surface area (Å²) >= 11 is 0. The third-order valence-corrected chi connectivity index (χ3v) is 8.22. The van der Waals surface area contributed by atoms with Crippen LogP contribution in [0.15, 0.2) is 115 Å². The lowest BCUT2D eigenvalue weighted by Gasteiger charge is -2.18. The van der Waals surface area contributed by atoms with E-state index < -0.39 is 12.0 Å². The smallest absolute Gasteiger partial charge is 0.335 e. The number of aromatic nitrogens is 3. The van der Waals surface area contributed by atoms with E-state index in [2.05, 4.69) is 99.6 Å². The minimum absolute atomic E-state index is 0.331. The maximum absolute atomic E-state index is 11.6. The molecule has 6 aromatic rings. The second-order valence-electron chi connectivity index (χ2n) is 12.0. The lowest BCUT2D eigenvalue weighted by Crippen LogP contribution is -2.22. The van der Waals surface area contributed by atoms with Crippen molar-refractivity contribution in [3.8, 4) is 16.8 Å². The molecule has 0 saturated carbocycles. The Labute approximate surface area is 286 Å². The lowest BCUT2D eigenvalue weighted by atomic mass is 10.1. The summed E-state index contributed by atoms with van der Waals surface area (Å²) in [5, 5.41) is 20.7. The van der Waals surface area contributed by atoms with Crippen LogP contribution in [0.1, 0.15) is 27.3 Å². The second-order valence-corrected chi connectivity index (χ2v) is 12.0. The van der Waals surface area contributed by atoms with Crippen molar-refractivity contribution < 1.29 is 14.7 Å². The van der Waals surface area contributed by atoms with Crippen LogP contribution >= 0.6 is 0 Å². The number of nitrogens with zero attached hydrogens (tertiary/aromatic N) is 5. The van der Waals surface area contributed by atoms with Crippen molar-refractivity contribution in [2.75, 3.05) is 37.9 Å². The van der Waals surface area contributed by atoms with Crippen molar-refractivity contribution in [1.29, 1.82) is 0 Å². The minimum Gasteiger partial charge on any atom is -0.478 e. The number of hydrogen-bond donors (Lipinski definition) is 3. The number of likely N-dealkylation sites (N-methyl/N-ethyl adjacent to an activating group) is 1. The van der Waals surface area contributed by atoms with Crippen molar-refractivity contribution in [3.63, 3.8) is 0 Å². The van der Waals surface area contributed by atoms with Gasteiger partial charge in [-0.25, -0.2) is 9.59 Å². The molecular formula is C39H41N7O3. The SMILES string of the molecule is Cc1c(CCN(C)Cc2cc(N(C)C)cnn2)c2cc(NC(N)=O)ccc2n1-c1cccc(-c2ccccc2)c1.O=C(O)c1ccccc1. The Kier molecular flexibility index (Phi) is 11.0. The van der Waals surface area contributed by atoms with Crippen LogP contribution in [0.4, 0.5) is 16.2 Å². The van der Waals surface area contributed by atoms with Crippen molar-refractivity contribution in [2.45, 2.75) is 19.9 Å². The van der Waals surface area contributed by atoms with Gasteiger partial charge in [0.25, 0.3) is 0 Å². The molecular weight excluding hydrogens is 614 g/mol. The molecule has 0 aliphatic rings. The van der Waals surface area contributed by atoms with E-state index in [0.717, 1.165) is 46.5 Å². The minimum atomic E-state index is -0.879. The summed E-state index contributed by atoms with van der Waals surface area (Å²) < 4.78 is 2.30. The van der Waals surface area contributed by atoms with Gasteiger partial charge in [-0.15, -0.1) is 0 Å².